The molecule has 1 unspecified atom stereocenters. The van der Waals surface area contributed by atoms with Crippen LogP contribution in [-0.4, -0.2) is 41.6 Å². The molecule has 1 aliphatic heterocycles. The standard InChI is InChI=1S/C16H30N2O3/c1-6-16(13(19)20)8-7-9-18(11-16)14(21)17-10-15(4,5)12(2)3/h12H,6-11H2,1-5H3,(H,17,21)(H,19,20). The molecule has 0 bridgehead atoms. The van der Waals surface area contributed by atoms with E-state index in [4.69, 9.17) is 0 Å². The zero-order chi connectivity index (χ0) is 16.3. The summed E-state index contributed by atoms with van der Waals surface area (Å²) in [5, 5.41) is 12.4. The highest BCUT2D eigenvalue weighted by atomic mass is 16.4. The zero-order valence-electron chi connectivity index (χ0n) is 14.0. The number of carboxylic acid groups (broad SMARTS) is 1. The molecule has 0 aromatic carbocycles. The van der Waals surface area contributed by atoms with Crippen LogP contribution in [0.3, 0.4) is 0 Å². The predicted molar refractivity (Wildman–Crippen MR) is 83.2 cm³/mol. The summed E-state index contributed by atoms with van der Waals surface area (Å²) in [4.78, 5) is 25.5. The van der Waals surface area contributed by atoms with Gasteiger partial charge in [-0.05, 0) is 30.6 Å². The van der Waals surface area contributed by atoms with Crippen LogP contribution in [0.15, 0.2) is 0 Å². The van der Waals surface area contributed by atoms with Crippen molar-refractivity contribution in [2.75, 3.05) is 19.6 Å². The highest BCUT2D eigenvalue weighted by Gasteiger charge is 2.42. The van der Waals surface area contributed by atoms with E-state index in [1.54, 1.807) is 4.90 Å². The Morgan fingerprint density at radius 2 is 2.00 bits per heavy atom. The van der Waals surface area contributed by atoms with Gasteiger partial charge in [0, 0.05) is 19.6 Å². The molecule has 1 atom stereocenters. The number of carbonyl (C=O) groups is 2. The molecule has 1 aliphatic rings. The number of carbonyl (C=O) groups excluding carboxylic acids is 1. The maximum Gasteiger partial charge on any atom is 0.317 e. The van der Waals surface area contributed by atoms with Gasteiger partial charge in [-0.3, -0.25) is 4.79 Å². The van der Waals surface area contributed by atoms with Crippen LogP contribution >= 0.6 is 0 Å². The quantitative estimate of drug-likeness (QED) is 0.820. The molecule has 1 saturated heterocycles. The second-order valence-electron chi connectivity index (χ2n) is 7.27. The molecule has 21 heavy (non-hydrogen) atoms. The van der Waals surface area contributed by atoms with Gasteiger partial charge < -0.3 is 15.3 Å². The molecule has 2 amide bonds. The van der Waals surface area contributed by atoms with Crippen molar-refractivity contribution >= 4 is 12.0 Å². The Bertz CT molecular complexity index is 393. The number of nitrogens with zero attached hydrogens (tertiary/aromatic N) is 1. The Labute approximate surface area is 128 Å². The summed E-state index contributed by atoms with van der Waals surface area (Å²) in [6.45, 7) is 12.0. The molecule has 0 spiro atoms. The van der Waals surface area contributed by atoms with Crippen molar-refractivity contribution in [1.82, 2.24) is 10.2 Å². The van der Waals surface area contributed by atoms with Gasteiger partial charge in [-0.25, -0.2) is 4.79 Å². The third-order valence-corrected chi connectivity index (χ3v) is 5.25. The molecule has 122 valence electrons. The zero-order valence-corrected chi connectivity index (χ0v) is 14.0. The first kappa shape index (κ1) is 17.8. The van der Waals surface area contributed by atoms with Gasteiger partial charge in [0.25, 0.3) is 0 Å². The third-order valence-electron chi connectivity index (χ3n) is 5.25. The average Bonchev–Trinajstić information content (AvgIpc) is 2.44. The molecule has 0 saturated carbocycles. The largest absolute Gasteiger partial charge is 0.481 e. The Morgan fingerprint density at radius 1 is 1.38 bits per heavy atom. The lowest BCUT2D eigenvalue weighted by atomic mass is 9.78. The molecule has 0 aromatic rings. The van der Waals surface area contributed by atoms with Crippen LogP contribution in [0.5, 0.6) is 0 Å². The lowest BCUT2D eigenvalue weighted by Gasteiger charge is -2.40. The van der Waals surface area contributed by atoms with Gasteiger partial charge in [0.15, 0.2) is 0 Å². The van der Waals surface area contributed by atoms with Crippen LogP contribution in [0.1, 0.15) is 53.9 Å². The van der Waals surface area contributed by atoms with Gasteiger partial charge >= 0.3 is 12.0 Å². The number of rotatable bonds is 5. The molecule has 0 aliphatic carbocycles. The predicted octanol–water partition coefficient (Wildman–Crippen LogP) is 2.96. The molecule has 0 aromatic heterocycles. The number of nitrogens with one attached hydrogen (secondary N) is 1. The Balaban J connectivity index is 2.65. The highest BCUT2D eigenvalue weighted by molar-refractivity contribution is 5.78. The van der Waals surface area contributed by atoms with Gasteiger partial charge in [-0.2, -0.15) is 0 Å². The first-order valence-electron chi connectivity index (χ1n) is 7.91. The summed E-state index contributed by atoms with van der Waals surface area (Å²) >= 11 is 0. The van der Waals surface area contributed by atoms with Crippen LogP contribution in [0.2, 0.25) is 0 Å². The minimum absolute atomic E-state index is 0.0279. The average molecular weight is 298 g/mol. The van der Waals surface area contributed by atoms with Gasteiger partial charge in [0.05, 0.1) is 5.41 Å². The minimum atomic E-state index is -0.787. The fourth-order valence-corrected chi connectivity index (χ4v) is 2.54. The molecule has 1 fully saturated rings. The second-order valence-corrected chi connectivity index (χ2v) is 7.27. The molecule has 1 heterocycles. The molecular formula is C16H30N2O3. The van der Waals surface area contributed by atoms with E-state index in [1.165, 1.54) is 0 Å². The Kier molecular flexibility index (Phi) is 5.65. The number of piperidine rings is 1. The number of amides is 2. The van der Waals surface area contributed by atoms with Crippen molar-refractivity contribution in [3.8, 4) is 0 Å². The fraction of sp³-hybridized carbons (Fsp3) is 0.875. The van der Waals surface area contributed by atoms with E-state index in [9.17, 15) is 14.7 Å². The van der Waals surface area contributed by atoms with Crippen LogP contribution in [0.25, 0.3) is 0 Å². The monoisotopic (exact) mass is 298 g/mol. The summed E-state index contributed by atoms with van der Waals surface area (Å²) in [5.41, 5.74) is -0.747. The molecule has 1 rings (SSSR count). The number of urea groups is 1. The second kappa shape index (κ2) is 6.67. The van der Waals surface area contributed by atoms with E-state index in [0.29, 0.717) is 38.4 Å². The van der Waals surface area contributed by atoms with Crippen LogP contribution < -0.4 is 5.32 Å². The van der Waals surface area contributed by atoms with Crippen molar-refractivity contribution in [2.24, 2.45) is 16.7 Å². The lowest BCUT2D eigenvalue weighted by Crippen LogP contribution is -2.53. The lowest BCUT2D eigenvalue weighted by molar-refractivity contribution is -0.152. The number of hydrogen-bond donors (Lipinski definition) is 2. The summed E-state index contributed by atoms with van der Waals surface area (Å²) < 4.78 is 0. The van der Waals surface area contributed by atoms with E-state index in [0.717, 1.165) is 6.42 Å². The summed E-state index contributed by atoms with van der Waals surface area (Å²) in [5.74, 6) is -0.321. The summed E-state index contributed by atoms with van der Waals surface area (Å²) in [7, 11) is 0. The highest BCUT2D eigenvalue weighted by Crippen LogP contribution is 2.33. The van der Waals surface area contributed by atoms with Crippen LogP contribution in [0, 0.1) is 16.7 Å². The van der Waals surface area contributed by atoms with E-state index >= 15 is 0 Å². The van der Waals surface area contributed by atoms with E-state index < -0.39 is 11.4 Å². The number of hydrogen-bond acceptors (Lipinski definition) is 2. The normalized spacial score (nSPS) is 23.2. The van der Waals surface area contributed by atoms with Gasteiger partial charge in [-0.1, -0.05) is 34.6 Å². The summed E-state index contributed by atoms with van der Waals surface area (Å²) in [6.07, 6.45) is 1.96. The van der Waals surface area contributed by atoms with Crippen molar-refractivity contribution in [3.05, 3.63) is 0 Å². The minimum Gasteiger partial charge on any atom is -0.481 e. The van der Waals surface area contributed by atoms with E-state index in [1.807, 2.05) is 6.92 Å². The first-order valence-corrected chi connectivity index (χ1v) is 7.91. The fourth-order valence-electron chi connectivity index (χ4n) is 2.54. The van der Waals surface area contributed by atoms with Gasteiger partial charge in [-0.15, -0.1) is 0 Å². The van der Waals surface area contributed by atoms with E-state index in [2.05, 4.69) is 33.0 Å². The smallest absolute Gasteiger partial charge is 0.317 e. The summed E-state index contributed by atoms with van der Waals surface area (Å²) in [6, 6.07) is -0.137. The molecular weight excluding hydrogens is 268 g/mol. The van der Waals surface area contributed by atoms with Crippen molar-refractivity contribution in [2.45, 2.75) is 53.9 Å². The molecule has 5 nitrogen and oxygen atoms in total. The Morgan fingerprint density at radius 3 is 2.48 bits per heavy atom. The maximum atomic E-state index is 12.3. The third kappa shape index (κ3) is 4.11. The Hall–Kier alpha value is -1.26. The number of aliphatic carboxylic acids is 1. The molecule has 5 heteroatoms. The number of likely N-dealkylation sites (tertiary alicyclic amines) is 1. The van der Waals surface area contributed by atoms with E-state index in [-0.39, 0.29) is 11.4 Å². The SMILES string of the molecule is CCC1(C(=O)O)CCCN(C(=O)NCC(C)(C)C(C)C)C1. The van der Waals surface area contributed by atoms with Gasteiger partial charge in [0.1, 0.15) is 0 Å². The number of carboxylic acids is 1. The van der Waals surface area contributed by atoms with Crippen molar-refractivity contribution in [1.29, 1.82) is 0 Å². The van der Waals surface area contributed by atoms with Crippen LogP contribution in [-0.2, 0) is 4.79 Å². The van der Waals surface area contributed by atoms with Crippen molar-refractivity contribution in [3.63, 3.8) is 0 Å². The molecule has 0 radical (unpaired) electrons. The van der Waals surface area contributed by atoms with Gasteiger partial charge in [0.2, 0.25) is 0 Å². The van der Waals surface area contributed by atoms with Crippen molar-refractivity contribution < 1.29 is 14.7 Å². The first-order chi connectivity index (χ1) is 9.64. The topological polar surface area (TPSA) is 69.6 Å². The van der Waals surface area contributed by atoms with Crippen LogP contribution in [0.4, 0.5) is 4.79 Å². The maximum absolute atomic E-state index is 12.3. The molecule has 2 N–H and O–H groups in total.